The molecule has 0 saturated carbocycles. The van der Waals surface area contributed by atoms with Crippen LogP contribution in [-0.2, 0) is 6.42 Å². The summed E-state index contributed by atoms with van der Waals surface area (Å²) in [6.07, 6.45) is 0.931. The number of hydrogen-bond acceptors (Lipinski definition) is 4. The predicted octanol–water partition coefficient (Wildman–Crippen LogP) is 3.74. The van der Waals surface area contributed by atoms with Gasteiger partial charge in [-0.15, -0.1) is 11.3 Å². The molecular weight excluding hydrogens is 268 g/mol. The van der Waals surface area contributed by atoms with E-state index in [1.807, 2.05) is 26.0 Å². The molecule has 1 N–H and O–H groups in total. The van der Waals surface area contributed by atoms with Crippen molar-refractivity contribution in [3.05, 3.63) is 45.9 Å². The van der Waals surface area contributed by atoms with Gasteiger partial charge in [0.1, 0.15) is 5.75 Å². The lowest BCUT2D eigenvalue weighted by molar-refractivity contribution is 0.340. The van der Waals surface area contributed by atoms with E-state index in [2.05, 4.69) is 34.7 Å². The minimum atomic E-state index is 0.307. The third kappa shape index (κ3) is 4.05. The Morgan fingerprint density at radius 1 is 1.25 bits per heavy atom. The normalized spacial score (nSPS) is 12.3. The molecule has 1 atom stereocenters. The van der Waals surface area contributed by atoms with Crippen LogP contribution >= 0.6 is 11.3 Å². The molecule has 108 valence electrons. The van der Waals surface area contributed by atoms with Crippen LogP contribution in [0.4, 0.5) is 0 Å². The van der Waals surface area contributed by atoms with E-state index in [1.54, 1.807) is 11.3 Å². The maximum atomic E-state index is 5.49. The first-order valence-electron chi connectivity index (χ1n) is 7.10. The maximum Gasteiger partial charge on any atom is 0.119 e. The van der Waals surface area contributed by atoms with E-state index in [0.717, 1.165) is 24.4 Å². The lowest BCUT2D eigenvalue weighted by atomic mass is 10.0. The van der Waals surface area contributed by atoms with Gasteiger partial charge < -0.3 is 10.1 Å². The highest BCUT2D eigenvalue weighted by atomic mass is 32.1. The van der Waals surface area contributed by atoms with E-state index in [-0.39, 0.29) is 0 Å². The second-order valence-corrected chi connectivity index (χ2v) is 5.64. The van der Waals surface area contributed by atoms with Crippen LogP contribution in [0.2, 0.25) is 0 Å². The minimum Gasteiger partial charge on any atom is -0.494 e. The summed E-state index contributed by atoms with van der Waals surface area (Å²) >= 11 is 1.73. The molecule has 20 heavy (non-hydrogen) atoms. The second-order valence-electron chi connectivity index (χ2n) is 4.70. The molecular formula is C16H22N2OS. The topological polar surface area (TPSA) is 34.2 Å². The van der Waals surface area contributed by atoms with Crippen molar-refractivity contribution >= 4 is 11.3 Å². The lowest BCUT2D eigenvalue weighted by Gasteiger charge is -2.17. The number of aryl methyl sites for hydroxylation is 1. The summed E-state index contributed by atoms with van der Waals surface area (Å²) in [5.74, 6) is 0.927. The standard InChI is InChI=1S/C16H22N2OS/c1-4-17-15(10-16-18-12(3)11-20-16)13-6-8-14(9-7-13)19-5-2/h6-9,11,15,17H,4-5,10H2,1-3H3. The van der Waals surface area contributed by atoms with Crippen molar-refractivity contribution in [3.63, 3.8) is 0 Å². The maximum absolute atomic E-state index is 5.49. The van der Waals surface area contributed by atoms with Crippen LogP contribution < -0.4 is 10.1 Å². The molecule has 4 heteroatoms. The first kappa shape index (κ1) is 15.0. The molecule has 0 aliphatic carbocycles. The van der Waals surface area contributed by atoms with Gasteiger partial charge in [0.15, 0.2) is 0 Å². The first-order valence-corrected chi connectivity index (χ1v) is 7.98. The van der Waals surface area contributed by atoms with E-state index in [4.69, 9.17) is 4.74 Å². The molecule has 0 bridgehead atoms. The SMILES string of the molecule is CCNC(Cc1nc(C)cs1)c1ccc(OCC)cc1. The number of thiazole rings is 1. The molecule has 2 rings (SSSR count). The minimum absolute atomic E-state index is 0.307. The average molecular weight is 290 g/mol. The number of aromatic nitrogens is 1. The highest BCUT2D eigenvalue weighted by molar-refractivity contribution is 7.09. The smallest absolute Gasteiger partial charge is 0.119 e. The Kier molecular flexibility index (Phi) is 5.56. The van der Waals surface area contributed by atoms with Gasteiger partial charge in [-0.05, 0) is 38.1 Å². The Morgan fingerprint density at radius 2 is 2.00 bits per heavy atom. The zero-order chi connectivity index (χ0) is 14.4. The van der Waals surface area contributed by atoms with Crippen LogP contribution in [0.25, 0.3) is 0 Å². The molecule has 1 unspecified atom stereocenters. The number of ether oxygens (including phenoxy) is 1. The van der Waals surface area contributed by atoms with Crippen LogP contribution in [0.15, 0.2) is 29.6 Å². The van der Waals surface area contributed by atoms with Crippen molar-refractivity contribution in [2.24, 2.45) is 0 Å². The fourth-order valence-electron chi connectivity index (χ4n) is 2.19. The van der Waals surface area contributed by atoms with Gasteiger partial charge in [-0.1, -0.05) is 19.1 Å². The van der Waals surface area contributed by atoms with Crippen molar-refractivity contribution < 1.29 is 4.74 Å². The summed E-state index contributed by atoms with van der Waals surface area (Å²) in [5, 5.41) is 6.82. The molecule has 0 fully saturated rings. The quantitative estimate of drug-likeness (QED) is 0.843. The van der Waals surface area contributed by atoms with Gasteiger partial charge in [0.05, 0.1) is 11.6 Å². The summed E-state index contributed by atoms with van der Waals surface area (Å²) in [7, 11) is 0. The van der Waals surface area contributed by atoms with E-state index < -0.39 is 0 Å². The molecule has 3 nitrogen and oxygen atoms in total. The van der Waals surface area contributed by atoms with Crippen molar-refractivity contribution in [2.75, 3.05) is 13.2 Å². The number of nitrogens with one attached hydrogen (secondary N) is 1. The van der Waals surface area contributed by atoms with Crippen LogP contribution in [0.3, 0.4) is 0 Å². The Bertz CT molecular complexity index is 522. The molecule has 0 amide bonds. The monoisotopic (exact) mass is 290 g/mol. The van der Waals surface area contributed by atoms with Gasteiger partial charge in [-0.25, -0.2) is 4.98 Å². The van der Waals surface area contributed by atoms with Crippen molar-refractivity contribution in [1.29, 1.82) is 0 Å². The van der Waals surface area contributed by atoms with E-state index in [1.165, 1.54) is 10.6 Å². The van der Waals surface area contributed by atoms with Crippen molar-refractivity contribution in [1.82, 2.24) is 10.3 Å². The molecule has 0 saturated heterocycles. The van der Waals surface area contributed by atoms with Gasteiger partial charge in [0.25, 0.3) is 0 Å². The number of benzene rings is 1. The lowest BCUT2D eigenvalue weighted by Crippen LogP contribution is -2.22. The first-order chi connectivity index (χ1) is 9.72. The second kappa shape index (κ2) is 7.41. The third-order valence-electron chi connectivity index (χ3n) is 3.09. The summed E-state index contributed by atoms with van der Waals surface area (Å²) in [4.78, 5) is 4.56. The summed E-state index contributed by atoms with van der Waals surface area (Å²) in [5.41, 5.74) is 2.38. The fourth-order valence-corrected chi connectivity index (χ4v) is 3.01. The molecule has 1 heterocycles. The molecule has 2 aromatic rings. The van der Waals surface area contributed by atoms with Gasteiger partial charge >= 0.3 is 0 Å². The van der Waals surface area contributed by atoms with Crippen LogP contribution in [0.1, 0.15) is 36.2 Å². The molecule has 0 aliphatic rings. The van der Waals surface area contributed by atoms with Crippen molar-refractivity contribution in [3.8, 4) is 5.75 Å². The Hall–Kier alpha value is -1.39. The molecule has 0 radical (unpaired) electrons. The van der Waals surface area contributed by atoms with E-state index in [9.17, 15) is 0 Å². The van der Waals surface area contributed by atoms with Crippen LogP contribution in [0, 0.1) is 6.92 Å². The Balaban J connectivity index is 2.10. The largest absolute Gasteiger partial charge is 0.494 e. The Labute approximate surface area is 125 Å². The molecule has 0 aliphatic heterocycles. The molecule has 1 aromatic carbocycles. The number of likely N-dealkylation sites (N-methyl/N-ethyl adjacent to an activating group) is 1. The summed E-state index contributed by atoms with van der Waals surface area (Å²) in [6, 6.07) is 8.66. The van der Waals surface area contributed by atoms with Crippen LogP contribution in [-0.4, -0.2) is 18.1 Å². The zero-order valence-corrected chi connectivity index (χ0v) is 13.2. The number of hydrogen-bond donors (Lipinski definition) is 1. The average Bonchev–Trinajstić information content (AvgIpc) is 2.85. The molecule has 1 aromatic heterocycles. The number of rotatable bonds is 7. The highest BCUT2D eigenvalue weighted by Crippen LogP contribution is 2.23. The van der Waals surface area contributed by atoms with E-state index in [0.29, 0.717) is 12.6 Å². The van der Waals surface area contributed by atoms with Gasteiger partial charge in [0.2, 0.25) is 0 Å². The third-order valence-corrected chi connectivity index (χ3v) is 4.08. The van der Waals surface area contributed by atoms with Crippen molar-refractivity contribution in [2.45, 2.75) is 33.2 Å². The van der Waals surface area contributed by atoms with Crippen LogP contribution in [0.5, 0.6) is 5.75 Å². The Morgan fingerprint density at radius 3 is 2.55 bits per heavy atom. The van der Waals surface area contributed by atoms with Gasteiger partial charge in [0, 0.05) is 23.5 Å². The summed E-state index contributed by atoms with van der Waals surface area (Å²) < 4.78 is 5.49. The van der Waals surface area contributed by atoms with E-state index >= 15 is 0 Å². The highest BCUT2D eigenvalue weighted by Gasteiger charge is 2.13. The predicted molar refractivity (Wildman–Crippen MR) is 84.6 cm³/mol. The zero-order valence-electron chi connectivity index (χ0n) is 12.3. The molecule has 0 spiro atoms. The number of nitrogens with zero attached hydrogens (tertiary/aromatic N) is 1. The van der Waals surface area contributed by atoms with Gasteiger partial charge in [-0.2, -0.15) is 0 Å². The fraction of sp³-hybridized carbons (Fsp3) is 0.438. The van der Waals surface area contributed by atoms with Gasteiger partial charge in [-0.3, -0.25) is 0 Å². The summed E-state index contributed by atoms with van der Waals surface area (Å²) in [6.45, 7) is 7.82.